The number of hydrogen-bond acceptors (Lipinski definition) is 3. The molecule has 0 saturated heterocycles. The SMILES string of the molecule is CCCC(CO)c1cccc(OCCN)c1. The molecule has 0 bridgehead atoms. The lowest BCUT2D eigenvalue weighted by Gasteiger charge is -2.14. The molecule has 1 atom stereocenters. The van der Waals surface area contributed by atoms with E-state index in [0.717, 1.165) is 24.2 Å². The van der Waals surface area contributed by atoms with Crippen molar-refractivity contribution in [3.05, 3.63) is 29.8 Å². The Kier molecular flexibility index (Phi) is 5.90. The molecule has 0 fully saturated rings. The van der Waals surface area contributed by atoms with Crippen molar-refractivity contribution in [1.82, 2.24) is 0 Å². The van der Waals surface area contributed by atoms with E-state index in [1.807, 2.05) is 24.3 Å². The third-order valence-electron chi connectivity index (χ3n) is 2.57. The Morgan fingerprint density at radius 1 is 1.44 bits per heavy atom. The Balaban J connectivity index is 2.71. The molecule has 0 aromatic heterocycles. The highest BCUT2D eigenvalue weighted by Gasteiger charge is 2.09. The number of aliphatic hydroxyl groups is 1. The third-order valence-corrected chi connectivity index (χ3v) is 2.57. The minimum Gasteiger partial charge on any atom is -0.492 e. The van der Waals surface area contributed by atoms with E-state index in [1.165, 1.54) is 0 Å². The van der Waals surface area contributed by atoms with Crippen molar-refractivity contribution in [3.63, 3.8) is 0 Å². The van der Waals surface area contributed by atoms with Crippen LogP contribution in [0.3, 0.4) is 0 Å². The standard InChI is InChI=1S/C13H21NO2/c1-2-4-12(10-15)11-5-3-6-13(9-11)16-8-7-14/h3,5-6,9,12,15H,2,4,7-8,10,14H2,1H3. The highest BCUT2D eigenvalue weighted by Crippen LogP contribution is 2.24. The Hall–Kier alpha value is -1.06. The second-order valence-corrected chi connectivity index (χ2v) is 3.88. The zero-order chi connectivity index (χ0) is 11.8. The summed E-state index contributed by atoms with van der Waals surface area (Å²) in [6, 6.07) is 7.90. The van der Waals surface area contributed by atoms with Gasteiger partial charge in [0.15, 0.2) is 0 Å². The minimum absolute atomic E-state index is 0.189. The van der Waals surface area contributed by atoms with E-state index in [4.69, 9.17) is 10.5 Å². The molecule has 1 aromatic rings. The maximum Gasteiger partial charge on any atom is 0.119 e. The van der Waals surface area contributed by atoms with Gasteiger partial charge in [-0.05, 0) is 24.1 Å². The molecule has 0 aliphatic rings. The fourth-order valence-corrected chi connectivity index (χ4v) is 1.75. The van der Waals surface area contributed by atoms with Crippen LogP contribution in [0, 0.1) is 0 Å². The molecule has 0 heterocycles. The molecular formula is C13H21NO2. The maximum absolute atomic E-state index is 9.32. The number of aliphatic hydroxyl groups excluding tert-OH is 1. The fraction of sp³-hybridized carbons (Fsp3) is 0.538. The van der Waals surface area contributed by atoms with E-state index in [2.05, 4.69) is 6.92 Å². The number of nitrogens with two attached hydrogens (primary N) is 1. The van der Waals surface area contributed by atoms with Gasteiger partial charge in [0.1, 0.15) is 12.4 Å². The van der Waals surface area contributed by atoms with Gasteiger partial charge in [-0.1, -0.05) is 25.5 Å². The lowest BCUT2D eigenvalue weighted by atomic mass is 9.95. The topological polar surface area (TPSA) is 55.5 Å². The summed E-state index contributed by atoms with van der Waals surface area (Å²) in [6.45, 7) is 3.36. The molecule has 0 aliphatic carbocycles. The van der Waals surface area contributed by atoms with E-state index in [0.29, 0.717) is 13.2 Å². The molecule has 3 heteroatoms. The lowest BCUT2D eigenvalue weighted by Crippen LogP contribution is -2.11. The van der Waals surface area contributed by atoms with E-state index in [1.54, 1.807) is 0 Å². The fourth-order valence-electron chi connectivity index (χ4n) is 1.75. The smallest absolute Gasteiger partial charge is 0.119 e. The van der Waals surface area contributed by atoms with Crippen LogP contribution in [0.15, 0.2) is 24.3 Å². The quantitative estimate of drug-likeness (QED) is 0.742. The average molecular weight is 223 g/mol. The Morgan fingerprint density at radius 2 is 2.25 bits per heavy atom. The van der Waals surface area contributed by atoms with Crippen LogP contribution in [0.2, 0.25) is 0 Å². The molecule has 0 saturated carbocycles. The van der Waals surface area contributed by atoms with Crippen molar-refractivity contribution in [1.29, 1.82) is 0 Å². The van der Waals surface area contributed by atoms with Crippen molar-refractivity contribution >= 4 is 0 Å². The van der Waals surface area contributed by atoms with Gasteiger partial charge in [-0.3, -0.25) is 0 Å². The van der Waals surface area contributed by atoms with Crippen LogP contribution in [-0.4, -0.2) is 24.9 Å². The molecule has 1 rings (SSSR count). The average Bonchev–Trinajstić information content (AvgIpc) is 2.33. The van der Waals surface area contributed by atoms with Gasteiger partial charge < -0.3 is 15.6 Å². The van der Waals surface area contributed by atoms with Crippen LogP contribution in [-0.2, 0) is 0 Å². The molecule has 3 nitrogen and oxygen atoms in total. The molecular weight excluding hydrogens is 202 g/mol. The molecule has 90 valence electrons. The Morgan fingerprint density at radius 3 is 2.88 bits per heavy atom. The largest absolute Gasteiger partial charge is 0.492 e. The summed E-state index contributed by atoms with van der Waals surface area (Å²) < 4.78 is 5.46. The number of ether oxygens (including phenoxy) is 1. The van der Waals surface area contributed by atoms with Crippen molar-refractivity contribution in [2.75, 3.05) is 19.8 Å². The van der Waals surface area contributed by atoms with Crippen LogP contribution in [0.5, 0.6) is 5.75 Å². The van der Waals surface area contributed by atoms with Gasteiger partial charge in [-0.15, -0.1) is 0 Å². The van der Waals surface area contributed by atoms with E-state index >= 15 is 0 Å². The first-order chi connectivity index (χ1) is 7.81. The zero-order valence-electron chi connectivity index (χ0n) is 9.86. The van der Waals surface area contributed by atoms with Crippen LogP contribution in [0.25, 0.3) is 0 Å². The zero-order valence-corrected chi connectivity index (χ0v) is 9.86. The summed E-state index contributed by atoms with van der Waals surface area (Å²) in [6.07, 6.45) is 2.07. The van der Waals surface area contributed by atoms with Gasteiger partial charge in [0.25, 0.3) is 0 Å². The molecule has 16 heavy (non-hydrogen) atoms. The summed E-state index contributed by atoms with van der Waals surface area (Å²) in [4.78, 5) is 0. The summed E-state index contributed by atoms with van der Waals surface area (Å²) in [7, 11) is 0. The van der Waals surface area contributed by atoms with E-state index in [9.17, 15) is 5.11 Å². The minimum atomic E-state index is 0.189. The molecule has 0 spiro atoms. The van der Waals surface area contributed by atoms with E-state index < -0.39 is 0 Å². The third kappa shape index (κ3) is 3.83. The predicted molar refractivity (Wildman–Crippen MR) is 65.7 cm³/mol. The lowest BCUT2D eigenvalue weighted by molar-refractivity contribution is 0.258. The second kappa shape index (κ2) is 7.25. The van der Waals surface area contributed by atoms with Gasteiger partial charge in [0.2, 0.25) is 0 Å². The highest BCUT2D eigenvalue weighted by atomic mass is 16.5. The molecule has 3 N–H and O–H groups in total. The number of hydrogen-bond donors (Lipinski definition) is 2. The first-order valence-corrected chi connectivity index (χ1v) is 5.85. The number of benzene rings is 1. The Bertz CT molecular complexity index is 302. The van der Waals surface area contributed by atoms with Crippen LogP contribution >= 0.6 is 0 Å². The first-order valence-electron chi connectivity index (χ1n) is 5.85. The monoisotopic (exact) mass is 223 g/mol. The normalized spacial score (nSPS) is 12.4. The molecule has 0 radical (unpaired) electrons. The summed E-state index contributed by atoms with van der Waals surface area (Å²) in [5.41, 5.74) is 6.52. The molecule has 0 aliphatic heterocycles. The van der Waals surface area contributed by atoms with Gasteiger partial charge in [-0.25, -0.2) is 0 Å². The highest BCUT2D eigenvalue weighted by molar-refractivity contribution is 5.31. The van der Waals surface area contributed by atoms with E-state index in [-0.39, 0.29) is 12.5 Å². The summed E-state index contributed by atoms with van der Waals surface area (Å²) >= 11 is 0. The molecule has 1 unspecified atom stereocenters. The summed E-state index contributed by atoms with van der Waals surface area (Å²) in [5.74, 6) is 1.05. The van der Waals surface area contributed by atoms with Crippen LogP contribution in [0.1, 0.15) is 31.2 Å². The van der Waals surface area contributed by atoms with Gasteiger partial charge >= 0.3 is 0 Å². The van der Waals surface area contributed by atoms with Gasteiger partial charge in [-0.2, -0.15) is 0 Å². The van der Waals surface area contributed by atoms with Crippen molar-refractivity contribution in [3.8, 4) is 5.75 Å². The van der Waals surface area contributed by atoms with Crippen LogP contribution in [0.4, 0.5) is 0 Å². The molecule has 0 amide bonds. The van der Waals surface area contributed by atoms with Crippen molar-refractivity contribution < 1.29 is 9.84 Å². The Labute approximate surface area is 97.2 Å². The second-order valence-electron chi connectivity index (χ2n) is 3.88. The van der Waals surface area contributed by atoms with Crippen molar-refractivity contribution in [2.24, 2.45) is 5.73 Å². The van der Waals surface area contributed by atoms with Gasteiger partial charge in [0.05, 0.1) is 0 Å². The number of rotatable bonds is 7. The predicted octanol–water partition coefficient (Wildman–Crippen LogP) is 1.90. The summed E-state index contributed by atoms with van der Waals surface area (Å²) in [5, 5.41) is 9.32. The molecule has 1 aromatic carbocycles. The van der Waals surface area contributed by atoms with Gasteiger partial charge in [0, 0.05) is 19.1 Å². The first kappa shape index (κ1) is 13.0. The maximum atomic E-state index is 9.32. The van der Waals surface area contributed by atoms with Crippen LogP contribution < -0.4 is 10.5 Å². The van der Waals surface area contributed by atoms with Crippen molar-refractivity contribution in [2.45, 2.75) is 25.7 Å².